The number of Topliss-reactive ketones (excluding diaryl/α,β-unsaturated/α-hetero) is 1. The van der Waals surface area contributed by atoms with Crippen LogP contribution in [0, 0.1) is 5.92 Å². The first-order chi connectivity index (χ1) is 13.2. The summed E-state index contributed by atoms with van der Waals surface area (Å²) < 4.78 is 0. The average molecular weight is 370 g/mol. The molecule has 0 N–H and O–H groups in total. The van der Waals surface area contributed by atoms with E-state index in [4.69, 9.17) is 0 Å². The van der Waals surface area contributed by atoms with Crippen LogP contribution in [0.15, 0.2) is 30.3 Å². The van der Waals surface area contributed by atoms with Gasteiger partial charge < -0.3 is 4.90 Å². The maximum Gasteiger partial charge on any atom is 0.222 e. The van der Waals surface area contributed by atoms with Gasteiger partial charge >= 0.3 is 0 Å². The van der Waals surface area contributed by atoms with Gasteiger partial charge in [-0.25, -0.2) is 0 Å². The number of piperidine rings is 1. The Kier molecular flexibility index (Phi) is 7.92. The summed E-state index contributed by atoms with van der Waals surface area (Å²) in [7, 11) is 0. The minimum Gasteiger partial charge on any atom is -0.339 e. The molecule has 1 aliphatic carbocycles. The molecule has 1 saturated heterocycles. The van der Waals surface area contributed by atoms with E-state index in [1.54, 1.807) is 0 Å². The van der Waals surface area contributed by atoms with Crippen molar-refractivity contribution in [2.45, 2.75) is 89.5 Å². The quantitative estimate of drug-likeness (QED) is 0.552. The van der Waals surface area contributed by atoms with Crippen LogP contribution in [0.2, 0.25) is 0 Å². The standard InChI is InChI=1S/C24H35NO2/c26-22(18-17-20-10-3-1-4-11-20)14-5-2-6-16-24(27)25-19-9-13-21-12-7-8-15-23(21)25/h1,3-4,10-11,21,23H,2,5-9,12-19H2. The van der Waals surface area contributed by atoms with Crippen LogP contribution in [-0.2, 0) is 16.0 Å². The van der Waals surface area contributed by atoms with Gasteiger partial charge in [0.25, 0.3) is 0 Å². The maximum absolute atomic E-state index is 12.7. The monoisotopic (exact) mass is 369 g/mol. The van der Waals surface area contributed by atoms with Gasteiger partial charge in [-0.3, -0.25) is 9.59 Å². The SMILES string of the molecule is O=C(CCCCCC(=O)N1CCCC2CCCCC21)CCc1ccccc1. The topological polar surface area (TPSA) is 37.4 Å². The molecule has 3 nitrogen and oxygen atoms in total. The van der Waals surface area contributed by atoms with Gasteiger partial charge in [-0.05, 0) is 56.4 Å². The highest BCUT2D eigenvalue weighted by Gasteiger charge is 2.35. The van der Waals surface area contributed by atoms with Crippen LogP contribution in [-0.4, -0.2) is 29.2 Å². The van der Waals surface area contributed by atoms with Crippen molar-refractivity contribution in [1.29, 1.82) is 0 Å². The fraction of sp³-hybridized carbons (Fsp3) is 0.667. The number of fused-ring (bicyclic) bond motifs is 1. The zero-order chi connectivity index (χ0) is 18.9. The second-order valence-electron chi connectivity index (χ2n) is 8.43. The first-order valence-electron chi connectivity index (χ1n) is 11.1. The molecule has 27 heavy (non-hydrogen) atoms. The molecule has 1 aromatic rings. The molecule has 148 valence electrons. The van der Waals surface area contributed by atoms with Crippen LogP contribution in [0.25, 0.3) is 0 Å². The highest BCUT2D eigenvalue weighted by molar-refractivity contribution is 5.78. The highest BCUT2D eigenvalue weighted by Crippen LogP contribution is 2.35. The molecular weight excluding hydrogens is 334 g/mol. The normalized spacial score (nSPS) is 22.3. The smallest absolute Gasteiger partial charge is 0.222 e. The minimum atomic E-state index is 0.353. The van der Waals surface area contributed by atoms with E-state index < -0.39 is 0 Å². The first kappa shape index (κ1) is 20.1. The second kappa shape index (κ2) is 10.6. The van der Waals surface area contributed by atoms with Crippen molar-refractivity contribution < 1.29 is 9.59 Å². The predicted molar refractivity (Wildman–Crippen MR) is 110 cm³/mol. The number of hydrogen-bond acceptors (Lipinski definition) is 2. The number of carbonyl (C=O) groups excluding carboxylic acids is 2. The largest absolute Gasteiger partial charge is 0.339 e. The summed E-state index contributed by atoms with van der Waals surface area (Å²) in [6.45, 7) is 0.970. The van der Waals surface area contributed by atoms with Crippen molar-refractivity contribution in [3.63, 3.8) is 0 Å². The summed E-state index contributed by atoms with van der Waals surface area (Å²) in [6.07, 6.45) is 13.3. The number of benzene rings is 1. The molecule has 3 rings (SSSR count). The summed E-state index contributed by atoms with van der Waals surface area (Å²) >= 11 is 0. The van der Waals surface area contributed by atoms with Gasteiger partial charge in [-0.15, -0.1) is 0 Å². The van der Waals surface area contributed by atoms with Crippen LogP contribution in [0.1, 0.15) is 82.6 Å². The molecule has 0 bridgehead atoms. The van der Waals surface area contributed by atoms with Crippen molar-refractivity contribution in [3.05, 3.63) is 35.9 Å². The summed E-state index contributed by atoms with van der Waals surface area (Å²) in [4.78, 5) is 26.9. The number of nitrogens with zero attached hydrogens (tertiary/aromatic N) is 1. The van der Waals surface area contributed by atoms with Crippen molar-refractivity contribution >= 4 is 11.7 Å². The van der Waals surface area contributed by atoms with Crippen molar-refractivity contribution in [3.8, 4) is 0 Å². The lowest BCUT2D eigenvalue weighted by molar-refractivity contribution is -0.137. The van der Waals surface area contributed by atoms with Gasteiger partial charge in [0.15, 0.2) is 0 Å². The summed E-state index contributed by atoms with van der Waals surface area (Å²) in [5.74, 6) is 1.48. The fourth-order valence-corrected chi connectivity index (χ4v) is 4.91. The van der Waals surface area contributed by atoms with Gasteiger partial charge in [0, 0.05) is 31.8 Å². The van der Waals surface area contributed by atoms with Crippen LogP contribution in [0.4, 0.5) is 0 Å². The third kappa shape index (κ3) is 6.19. The average Bonchev–Trinajstić information content (AvgIpc) is 2.72. The Morgan fingerprint density at radius 2 is 1.59 bits per heavy atom. The van der Waals surface area contributed by atoms with Crippen molar-refractivity contribution in [2.24, 2.45) is 5.92 Å². The lowest BCUT2D eigenvalue weighted by atomic mass is 9.78. The molecular formula is C24H35NO2. The van der Waals surface area contributed by atoms with Gasteiger partial charge in [0.05, 0.1) is 0 Å². The number of hydrogen-bond donors (Lipinski definition) is 0. The summed E-state index contributed by atoms with van der Waals surface area (Å²) in [6, 6.07) is 10.7. The van der Waals surface area contributed by atoms with Crippen LogP contribution in [0.3, 0.4) is 0 Å². The highest BCUT2D eigenvalue weighted by atomic mass is 16.2. The van der Waals surface area contributed by atoms with Crippen molar-refractivity contribution in [1.82, 2.24) is 4.90 Å². The van der Waals surface area contributed by atoms with Crippen LogP contribution in [0.5, 0.6) is 0 Å². The molecule has 0 spiro atoms. The molecule has 3 heteroatoms. The number of likely N-dealkylation sites (tertiary alicyclic amines) is 1. The molecule has 1 heterocycles. The van der Waals surface area contributed by atoms with E-state index in [9.17, 15) is 9.59 Å². The Labute approximate surface area is 164 Å². The van der Waals surface area contributed by atoms with E-state index in [0.717, 1.165) is 38.1 Å². The molecule has 1 aliphatic heterocycles. The Bertz CT molecular complexity index is 596. The van der Waals surface area contributed by atoms with Crippen molar-refractivity contribution in [2.75, 3.05) is 6.54 Å². The number of ketones is 1. The van der Waals surface area contributed by atoms with Gasteiger partial charge in [0.2, 0.25) is 5.91 Å². The zero-order valence-corrected chi connectivity index (χ0v) is 16.7. The Balaban J connectivity index is 1.28. The molecule has 1 saturated carbocycles. The number of unbranched alkanes of at least 4 members (excludes halogenated alkanes) is 2. The molecule has 1 aromatic carbocycles. The van der Waals surface area contributed by atoms with Gasteiger partial charge in [-0.2, -0.15) is 0 Å². The summed E-state index contributed by atoms with van der Waals surface area (Å²) in [5, 5.41) is 0. The fourth-order valence-electron chi connectivity index (χ4n) is 4.91. The third-order valence-corrected chi connectivity index (χ3v) is 6.45. The minimum absolute atomic E-state index is 0.353. The molecule has 2 fully saturated rings. The number of amides is 1. The third-order valence-electron chi connectivity index (χ3n) is 6.45. The van der Waals surface area contributed by atoms with E-state index in [-0.39, 0.29) is 0 Å². The molecule has 0 aromatic heterocycles. The van der Waals surface area contributed by atoms with Crippen LogP contribution >= 0.6 is 0 Å². The van der Waals surface area contributed by atoms with E-state index in [1.807, 2.05) is 18.2 Å². The Morgan fingerprint density at radius 1 is 0.852 bits per heavy atom. The molecule has 2 unspecified atom stereocenters. The molecule has 0 radical (unpaired) electrons. The Hall–Kier alpha value is -1.64. The molecule has 1 amide bonds. The lowest BCUT2D eigenvalue weighted by Crippen LogP contribution is -2.49. The zero-order valence-electron chi connectivity index (χ0n) is 16.7. The number of carbonyl (C=O) groups is 2. The van der Waals surface area contributed by atoms with E-state index >= 15 is 0 Å². The van der Waals surface area contributed by atoms with E-state index in [2.05, 4.69) is 17.0 Å². The Morgan fingerprint density at radius 3 is 2.44 bits per heavy atom. The molecule has 2 aliphatic rings. The van der Waals surface area contributed by atoms with Gasteiger partial charge in [-0.1, -0.05) is 49.6 Å². The van der Waals surface area contributed by atoms with E-state index in [1.165, 1.54) is 44.1 Å². The first-order valence-corrected chi connectivity index (χ1v) is 11.1. The lowest BCUT2D eigenvalue weighted by Gasteiger charge is -2.44. The summed E-state index contributed by atoms with van der Waals surface area (Å²) in [5.41, 5.74) is 1.24. The molecule has 2 atom stereocenters. The maximum atomic E-state index is 12.7. The predicted octanol–water partition coefficient (Wildman–Crippen LogP) is 5.32. The second-order valence-corrected chi connectivity index (χ2v) is 8.43. The number of rotatable bonds is 9. The number of aryl methyl sites for hydroxylation is 1. The van der Waals surface area contributed by atoms with Crippen LogP contribution < -0.4 is 0 Å². The van der Waals surface area contributed by atoms with Gasteiger partial charge in [0.1, 0.15) is 5.78 Å². The van der Waals surface area contributed by atoms with E-state index in [0.29, 0.717) is 37.0 Å².